The molecule has 0 spiro atoms. The Morgan fingerprint density at radius 2 is 2.11 bits per heavy atom. The van der Waals surface area contributed by atoms with Gasteiger partial charge in [0.05, 0.1) is 6.20 Å². The Kier molecular flexibility index (Phi) is 5.86. The molecule has 104 valence electrons. The predicted octanol–water partition coefficient (Wildman–Crippen LogP) is 3.16. The van der Waals surface area contributed by atoms with Crippen LogP contribution in [0.2, 0.25) is 0 Å². The molecule has 1 rings (SSSR count). The van der Waals surface area contributed by atoms with E-state index in [1.807, 2.05) is 17.9 Å². The molecule has 0 aromatic carbocycles. The lowest BCUT2D eigenvalue weighted by atomic mass is 9.87. The standard InChI is InChI=1S/C15H29N3/c1-6-9-16-14(7-8-15(2,3)4)10-13-11-17-18(5)12-13/h11-12,14,16H,6-10H2,1-5H3. The molecule has 1 unspecified atom stereocenters. The van der Waals surface area contributed by atoms with Crippen LogP contribution in [-0.2, 0) is 13.5 Å². The highest BCUT2D eigenvalue weighted by atomic mass is 15.2. The molecular weight excluding hydrogens is 222 g/mol. The normalized spacial score (nSPS) is 13.8. The second kappa shape index (κ2) is 6.93. The molecule has 0 amide bonds. The van der Waals surface area contributed by atoms with Crippen molar-refractivity contribution in [2.24, 2.45) is 12.5 Å². The van der Waals surface area contributed by atoms with Gasteiger partial charge in [-0.05, 0) is 43.2 Å². The number of rotatable bonds is 7. The molecule has 1 N–H and O–H groups in total. The fourth-order valence-electron chi connectivity index (χ4n) is 2.09. The third-order valence-corrected chi connectivity index (χ3v) is 3.17. The van der Waals surface area contributed by atoms with Crippen LogP contribution in [0.25, 0.3) is 0 Å². The second-order valence-electron chi connectivity index (χ2n) is 6.48. The van der Waals surface area contributed by atoms with E-state index in [9.17, 15) is 0 Å². The highest BCUT2D eigenvalue weighted by Gasteiger charge is 2.15. The molecule has 3 nitrogen and oxygen atoms in total. The monoisotopic (exact) mass is 251 g/mol. The van der Waals surface area contributed by atoms with E-state index in [4.69, 9.17) is 0 Å². The number of nitrogens with one attached hydrogen (secondary N) is 1. The van der Waals surface area contributed by atoms with Crippen LogP contribution in [0.15, 0.2) is 12.4 Å². The minimum absolute atomic E-state index is 0.418. The summed E-state index contributed by atoms with van der Waals surface area (Å²) in [5.41, 5.74) is 1.75. The zero-order valence-electron chi connectivity index (χ0n) is 12.7. The first-order valence-corrected chi connectivity index (χ1v) is 7.11. The highest BCUT2D eigenvalue weighted by molar-refractivity contribution is 5.06. The third-order valence-electron chi connectivity index (χ3n) is 3.17. The van der Waals surface area contributed by atoms with E-state index in [2.05, 4.69) is 44.3 Å². The van der Waals surface area contributed by atoms with E-state index in [0.29, 0.717) is 11.5 Å². The van der Waals surface area contributed by atoms with E-state index in [1.165, 1.54) is 24.8 Å². The average molecular weight is 251 g/mol. The van der Waals surface area contributed by atoms with Gasteiger partial charge in [-0.3, -0.25) is 4.68 Å². The van der Waals surface area contributed by atoms with Crippen molar-refractivity contribution in [3.05, 3.63) is 18.0 Å². The summed E-state index contributed by atoms with van der Waals surface area (Å²) in [6, 6.07) is 0.577. The van der Waals surface area contributed by atoms with Gasteiger partial charge in [-0.25, -0.2) is 0 Å². The summed E-state index contributed by atoms with van der Waals surface area (Å²) >= 11 is 0. The topological polar surface area (TPSA) is 29.9 Å². The number of hydrogen-bond donors (Lipinski definition) is 1. The SMILES string of the molecule is CCCNC(CCC(C)(C)C)Cc1cnn(C)c1. The molecule has 0 radical (unpaired) electrons. The van der Waals surface area contributed by atoms with Crippen LogP contribution in [0.4, 0.5) is 0 Å². The fourth-order valence-corrected chi connectivity index (χ4v) is 2.09. The molecular formula is C15H29N3. The minimum Gasteiger partial charge on any atom is -0.314 e. The number of nitrogens with zero attached hydrogens (tertiary/aromatic N) is 2. The first kappa shape index (κ1) is 15.2. The lowest BCUT2D eigenvalue weighted by molar-refractivity contribution is 0.328. The predicted molar refractivity (Wildman–Crippen MR) is 77.7 cm³/mol. The van der Waals surface area contributed by atoms with E-state index in [-0.39, 0.29) is 0 Å². The Balaban J connectivity index is 2.49. The van der Waals surface area contributed by atoms with Crippen molar-refractivity contribution >= 4 is 0 Å². The summed E-state index contributed by atoms with van der Waals surface area (Å²) in [5.74, 6) is 0. The van der Waals surface area contributed by atoms with Crippen molar-refractivity contribution in [2.45, 2.75) is 59.4 Å². The molecule has 1 aromatic rings. The maximum atomic E-state index is 4.25. The molecule has 0 saturated heterocycles. The van der Waals surface area contributed by atoms with Gasteiger partial charge in [0, 0.05) is 19.3 Å². The van der Waals surface area contributed by atoms with Crippen LogP contribution in [0.1, 0.15) is 52.5 Å². The van der Waals surface area contributed by atoms with E-state index >= 15 is 0 Å². The molecule has 1 heterocycles. The number of aromatic nitrogens is 2. The van der Waals surface area contributed by atoms with Crippen LogP contribution in [0, 0.1) is 5.41 Å². The number of hydrogen-bond acceptors (Lipinski definition) is 2. The Bertz CT molecular complexity index is 336. The average Bonchev–Trinajstić information content (AvgIpc) is 2.67. The smallest absolute Gasteiger partial charge is 0.0522 e. The van der Waals surface area contributed by atoms with E-state index in [1.54, 1.807) is 0 Å². The van der Waals surface area contributed by atoms with E-state index in [0.717, 1.165) is 13.0 Å². The second-order valence-corrected chi connectivity index (χ2v) is 6.48. The molecule has 3 heteroatoms. The molecule has 0 aliphatic rings. The van der Waals surface area contributed by atoms with Gasteiger partial charge >= 0.3 is 0 Å². The zero-order valence-corrected chi connectivity index (χ0v) is 12.7. The summed E-state index contributed by atoms with van der Waals surface area (Å²) in [5, 5.41) is 7.91. The summed E-state index contributed by atoms with van der Waals surface area (Å²) in [6.07, 6.45) is 8.88. The Hall–Kier alpha value is -0.830. The summed E-state index contributed by atoms with van der Waals surface area (Å²) in [4.78, 5) is 0. The largest absolute Gasteiger partial charge is 0.314 e. The third kappa shape index (κ3) is 6.20. The van der Waals surface area contributed by atoms with Crippen molar-refractivity contribution in [3.63, 3.8) is 0 Å². The van der Waals surface area contributed by atoms with Gasteiger partial charge in [-0.2, -0.15) is 5.10 Å². The first-order valence-electron chi connectivity index (χ1n) is 7.11. The van der Waals surface area contributed by atoms with Crippen molar-refractivity contribution < 1.29 is 0 Å². The quantitative estimate of drug-likeness (QED) is 0.806. The summed E-state index contributed by atoms with van der Waals surface area (Å²) in [7, 11) is 1.98. The van der Waals surface area contributed by atoms with Crippen molar-refractivity contribution in [1.29, 1.82) is 0 Å². The van der Waals surface area contributed by atoms with Gasteiger partial charge < -0.3 is 5.32 Å². The molecule has 0 bridgehead atoms. The van der Waals surface area contributed by atoms with E-state index < -0.39 is 0 Å². The van der Waals surface area contributed by atoms with Crippen LogP contribution >= 0.6 is 0 Å². The maximum absolute atomic E-state index is 4.25. The number of aryl methyl sites for hydroxylation is 1. The maximum Gasteiger partial charge on any atom is 0.0522 e. The fraction of sp³-hybridized carbons (Fsp3) is 0.800. The lowest BCUT2D eigenvalue weighted by Crippen LogP contribution is -2.32. The van der Waals surface area contributed by atoms with Crippen LogP contribution in [0.3, 0.4) is 0 Å². The van der Waals surface area contributed by atoms with Crippen LogP contribution in [-0.4, -0.2) is 22.4 Å². The van der Waals surface area contributed by atoms with Gasteiger partial charge in [0.1, 0.15) is 0 Å². The molecule has 1 atom stereocenters. The summed E-state index contributed by atoms with van der Waals surface area (Å²) < 4.78 is 1.88. The Morgan fingerprint density at radius 3 is 2.61 bits per heavy atom. The molecule has 18 heavy (non-hydrogen) atoms. The minimum atomic E-state index is 0.418. The molecule has 0 aliphatic carbocycles. The summed E-state index contributed by atoms with van der Waals surface area (Å²) in [6.45, 7) is 10.3. The Labute approximate surface area is 112 Å². The van der Waals surface area contributed by atoms with Crippen molar-refractivity contribution in [3.8, 4) is 0 Å². The first-order chi connectivity index (χ1) is 8.40. The highest BCUT2D eigenvalue weighted by Crippen LogP contribution is 2.22. The molecule has 0 fully saturated rings. The Morgan fingerprint density at radius 1 is 1.39 bits per heavy atom. The van der Waals surface area contributed by atoms with Gasteiger partial charge in [0.15, 0.2) is 0 Å². The van der Waals surface area contributed by atoms with Gasteiger partial charge in [-0.15, -0.1) is 0 Å². The molecule has 0 saturated carbocycles. The molecule has 1 aromatic heterocycles. The molecule has 0 aliphatic heterocycles. The van der Waals surface area contributed by atoms with Crippen molar-refractivity contribution in [2.75, 3.05) is 6.54 Å². The van der Waals surface area contributed by atoms with Crippen molar-refractivity contribution in [1.82, 2.24) is 15.1 Å². The van der Waals surface area contributed by atoms with Gasteiger partial charge in [0.25, 0.3) is 0 Å². The zero-order chi connectivity index (χ0) is 13.6. The van der Waals surface area contributed by atoms with Crippen LogP contribution in [0.5, 0.6) is 0 Å². The van der Waals surface area contributed by atoms with Crippen LogP contribution < -0.4 is 5.32 Å². The van der Waals surface area contributed by atoms with Gasteiger partial charge in [0.2, 0.25) is 0 Å². The van der Waals surface area contributed by atoms with Gasteiger partial charge in [-0.1, -0.05) is 27.7 Å². The lowest BCUT2D eigenvalue weighted by Gasteiger charge is -2.23.